The van der Waals surface area contributed by atoms with Crippen molar-refractivity contribution in [3.05, 3.63) is 0 Å². The van der Waals surface area contributed by atoms with Gasteiger partial charge in [-0.3, -0.25) is 4.79 Å². The average molecular weight is 184 g/mol. The van der Waals surface area contributed by atoms with Gasteiger partial charge in [-0.2, -0.15) is 0 Å². The molecule has 1 fully saturated rings. The SMILES string of the molecule is CC1CNCC(C)C1C(=O)N(C)C. The van der Waals surface area contributed by atoms with Gasteiger partial charge >= 0.3 is 0 Å². The summed E-state index contributed by atoms with van der Waals surface area (Å²) in [5.41, 5.74) is 0. The number of rotatable bonds is 1. The largest absolute Gasteiger partial charge is 0.349 e. The summed E-state index contributed by atoms with van der Waals surface area (Å²) >= 11 is 0. The Hall–Kier alpha value is -0.570. The van der Waals surface area contributed by atoms with Crippen LogP contribution in [0.25, 0.3) is 0 Å². The summed E-state index contributed by atoms with van der Waals surface area (Å²) in [5.74, 6) is 1.40. The third-order valence-electron chi connectivity index (χ3n) is 2.88. The van der Waals surface area contributed by atoms with E-state index in [0.717, 1.165) is 13.1 Å². The fraction of sp³-hybridized carbons (Fsp3) is 0.900. The molecular formula is C10H20N2O. The lowest BCUT2D eigenvalue weighted by molar-refractivity contribution is -0.137. The minimum absolute atomic E-state index is 0.205. The van der Waals surface area contributed by atoms with E-state index >= 15 is 0 Å². The van der Waals surface area contributed by atoms with Gasteiger partial charge in [-0.15, -0.1) is 0 Å². The summed E-state index contributed by atoms with van der Waals surface area (Å²) in [6, 6.07) is 0. The van der Waals surface area contributed by atoms with Gasteiger partial charge in [-0.05, 0) is 24.9 Å². The van der Waals surface area contributed by atoms with Crippen molar-refractivity contribution in [3.8, 4) is 0 Å². The molecule has 3 heteroatoms. The quantitative estimate of drug-likeness (QED) is 0.646. The lowest BCUT2D eigenvalue weighted by Gasteiger charge is -2.35. The number of amides is 1. The Bertz CT molecular complexity index is 181. The van der Waals surface area contributed by atoms with Gasteiger partial charge in [0.15, 0.2) is 0 Å². The molecule has 1 amide bonds. The maximum atomic E-state index is 11.8. The van der Waals surface area contributed by atoms with Gasteiger partial charge in [0.25, 0.3) is 0 Å². The Morgan fingerprint density at radius 1 is 1.23 bits per heavy atom. The van der Waals surface area contributed by atoms with Gasteiger partial charge in [0, 0.05) is 20.0 Å². The van der Waals surface area contributed by atoms with Gasteiger partial charge in [-0.25, -0.2) is 0 Å². The second-order valence-electron chi connectivity index (χ2n) is 4.37. The Morgan fingerprint density at radius 2 is 1.69 bits per heavy atom. The van der Waals surface area contributed by atoms with Gasteiger partial charge in [0.2, 0.25) is 5.91 Å². The highest BCUT2D eigenvalue weighted by molar-refractivity contribution is 5.79. The molecule has 0 aromatic rings. The van der Waals surface area contributed by atoms with E-state index in [0.29, 0.717) is 11.8 Å². The Morgan fingerprint density at radius 3 is 2.08 bits per heavy atom. The van der Waals surface area contributed by atoms with Crippen molar-refractivity contribution in [2.24, 2.45) is 17.8 Å². The van der Waals surface area contributed by atoms with Gasteiger partial charge in [-0.1, -0.05) is 13.8 Å². The fourth-order valence-corrected chi connectivity index (χ4v) is 2.14. The van der Waals surface area contributed by atoms with Crippen molar-refractivity contribution in [1.82, 2.24) is 10.2 Å². The van der Waals surface area contributed by atoms with Gasteiger partial charge in [0.1, 0.15) is 0 Å². The van der Waals surface area contributed by atoms with E-state index in [2.05, 4.69) is 19.2 Å². The van der Waals surface area contributed by atoms with Crippen LogP contribution in [-0.2, 0) is 4.79 Å². The van der Waals surface area contributed by atoms with Crippen molar-refractivity contribution < 1.29 is 4.79 Å². The first-order valence-electron chi connectivity index (χ1n) is 4.96. The first-order valence-corrected chi connectivity index (χ1v) is 4.96. The van der Waals surface area contributed by atoms with E-state index in [-0.39, 0.29) is 11.8 Å². The minimum atomic E-state index is 0.205. The number of carbonyl (C=O) groups excluding carboxylic acids is 1. The standard InChI is InChI=1S/C10H20N2O/c1-7-5-11-6-8(2)9(7)10(13)12(3)4/h7-9,11H,5-6H2,1-4H3. The Labute approximate surface area is 80.5 Å². The Balaban J connectivity index is 2.68. The van der Waals surface area contributed by atoms with Crippen LogP contribution < -0.4 is 5.32 Å². The average Bonchev–Trinajstić information content (AvgIpc) is 2.03. The molecule has 3 nitrogen and oxygen atoms in total. The molecule has 1 rings (SSSR count). The van der Waals surface area contributed by atoms with E-state index in [9.17, 15) is 4.79 Å². The third-order valence-corrected chi connectivity index (χ3v) is 2.88. The van der Waals surface area contributed by atoms with Crippen LogP contribution in [0, 0.1) is 17.8 Å². The number of carbonyl (C=O) groups is 1. The Kier molecular flexibility index (Phi) is 3.31. The predicted octanol–water partition coefficient (Wildman–Crippen LogP) is 0.566. The molecule has 2 unspecified atom stereocenters. The second kappa shape index (κ2) is 4.09. The minimum Gasteiger partial charge on any atom is -0.349 e. The van der Waals surface area contributed by atoms with E-state index in [1.807, 2.05) is 14.1 Å². The summed E-state index contributed by atoms with van der Waals surface area (Å²) in [5, 5.41) is 3.34. The predicted molar refractivity (Wildman–Crippen MR) is 53.4 cm³/mol. The highest BCUT2D eigenvalue weighted by Crippen LogP contribution is 2.25. The number of nitrogens with zero attached hydrogens (tertiary/aromatic N) is 1. The molecule has 1 N–H and O–H groups in total. The molecule has 0 aliphatic carbocycles. The molecule has 1 saturated heterocycles. The van der Waals surface area contributed by atoms with E-state index < -0.39 is 0 Å². The van der Waals surface area contributed by atoms with Gasteiger partial charge < -0.3 is 10.2 Å². The van der Waals surface area contributed by atoms with E-state index in [4.69, 9.17) is 0 Å². The summed E-state index contributed by atoms with van der Waals surface area (Å²) in [6.07, 6.45) is 0. The maximum Gasteiger partial charge on any atom is 0.225 e. The second-order valence-corrected chi connectivity index (χ2v) is 4.37. The molecule has 1 aliphatic rings. The number of piperidine rings is 1. The summed E-state index contributed by atoms with van der Waals surface area (Å²) < 4.78 is 0. The molecule has 0 radical (unpaired) electrons. The van der Waals surface area contributed by atoms with Crippen LogP contribution in [0.15, 0.2) is 0 Å². The van der Waals surface area contributed by atoms with E-state index in [1.165, 1.54) is 0 Å². The first kappa shape index (κ1) is 10.5. The van der Waals surface area contributed by atoms with Crippen molar-refractivity contribution in [2.75, 3.05) is 27.2 Å². The molecule has 0 spiro atoms. The molecule has 76 valence electrons. The highest BCUT2D eigenvalue weighted by Gasteiger charge is 2.33. The van der Waals surface area contributed by atoms with Crippen LogP contribution in [0.5, 0.6) is 0 Å². The molecule has 1 heterocycles. The topological polar surface area (TPSA) is 32.3 Å². The van der Waals surface area contributed by atoms with Crippen molar-refractivity contribution >= 4 is 5.91 Å². The monoisotopic (exact) mass is 184 g/mol. The zero-order valence-electron chi connectivity index (χ0n) is 9.00. The summed E-state index contributed by atoms with van der Waals surface area (Å²) in [7, 11) is 3.67. The van der Waals surface area contributed by atoms with Crippen molar-refractivity contribution in [2.45, 2.75) is 13.8 Å². The van der Waals surface area contributed by atoms with Crippen LogP contribution in [0.4, 0.5) is 0 Å². The molecular weight excluding hydrogens is 164 g/mol. The molecule has 1 aliphatic heterocycles. The number of hydrogen-bond donors (Lipinski definition) is 1. The van der Waals surface area contributed by atoms with Gasteiger partial charge in [0.05, 0.1) is 0 Å². The maximum absolute atomic E-state index is 11.8. The van der Waals surface area contributed by atoms with Crippen LogP contribution in [0.3, 0.4) is 0 Å². The zero-order chi connectivity index (χ0) is 10.0. The number of hydrogen-bond acceptors (Lipinski definition) is 2. The number of nitrogens with one attached hydrogen (secondary N) is 1. The van der Waals surface area contributed by atoms with Crippen LogP contribution in [0.2, 0.25) is 0 Å². The molecule has 0 bridgehead atoms. The third kappa shape index (κ3) is 2.21. The molecule has 0 aromatic heterocycles. The molecule has 0 saturated carbocycles. The zero-order valence-corrected chi connectivity index (χ0v) is 9.00. The van der Waals surface area contributed by atoms with Crippen LogP contribution in [-0.4, -0.2) is 38.0 Å². The van der Waals surface area contributed by atoms with E-state index in [1.54, 1.807) is 4.90 Å². The normalized spacial score (nSPS) is 34.3. The fourth-order valence-electron chi connectivity index (χ4n) is 2.14. The van der Waals surface area contributed by atoms with Crippen LogP contribution in [0.1, 0.15) is 13.8 Å². The first-order chi connectivity index (χ1) is 6.04. The lowest BCUT2D eigenvalue weighted by atomic mass is 9.79. The highest BCUT2D eigenvalue weighted by atomic mass is 16.2. The smallest absolute Gasteiger partial charge is 0.225 e. The summed E-state index contributed by atoms with van der Waals surface area (Å²) in [4.78, 5) is 13.5. The van der Waals surface area contributed by atoms with Crippen molar-refractivity contribution in [3.63, 3.8) is 0 Å². The summed E-state index contributed by atoms with van der Waals surface area (Å²) in [6.45, 7) is 6.23. The molecule has 2 atom stereocenters. The lowest BCUT2D eigenvalue weighted by Crippen LogP contribution is -2.47. The van der Waals surface area contributed by atoms with Crippen LogP contribution >= 0.6 is 0 Å². The molecule has 13 heavy (non-hydrogen) atoms. The van der Waals surface area contributed by atoms with Crippen molar-refractivity contribution in [1.29, 1.82) is 0 Å². The molecule has 0 aromatic carbocycles.